The Labute approximate surface area is 198 Å². The Balaban J connectivity index is 1.82. The molecule has 0 aliphatic rings. The second kappa shape index (κ2) is 12.0. The predicted molar refractivity (Wildman–Crippen MR) is 134 cm³/mol. The zero-order valence-electron chi connectivity index (χ0n) is 19.8. The summed E-state index contributed by atoms with van der Waals surface area (Å²) in [6.07, 6.45) is 3.04. The van der Waals surface area contributed by atoms with Crippen LogP contribution in [-0.4, -0.2) is 27.5 Å². The lowest BCUT2D eigenvalue weighted by atomic mass is 10.1. The van der Waals surface area contributed by atoms with Crippen molar-refractivity contribution in [3.8, 4) is 0 Å². The Morgan fingerprint density at radius 1 is 0.882 bits per heavy atom. The standard InChI is InChI=1S/C26H32N4O4/c1-3-16-27-23(31)15-9-10-17-29-25(33)20-12-6-8-14-22(20)30(26(29)34)18-24(32)28-21-13-7-5-11-19(21)4-2/h5-8,11-14H,3-4,9-10,15-18H2,1-2H3,(H,27,31)(H,28,32). The van der Waals surface area contributed by atoms with Crippen molar-refractivity contribution in [2.75, 3.05) is 11.9 Å². The molecule has 34 heavy (non-hydrogen) atoms. The summed E-state index contributed by atoms with van der Waals surface area (Å²) in [7, 11) is 0. The SMILES string of the molecule is CCCNC(=O)CCCCn1c(=O)c2ccccc2n(CC(=O)Nc2ccccc2CC)c1=O. The number of para-hydroxylation sites is 2. The van der Waals surface area contributed by atoms with Crippen molar-refractivity contribution in [1.29, 1.82) is 0 Å². The number of anilines is 1. The Morgan fingerprint density at radius 2 is 1.62 bits per heavy atom. The zero-order chi connectivity index (χ0) is 24.5. The molecule has 0 spiro atoms. The first-order valence-electron chi connectivity index (χ1n) is 11.8. The number of aryl methyl sites for hydroxylation is 1. The van der Waals surface area contributed by atoms with Crippen LogP contribution in [0.3, 0.4) is 0 Å². The number of benzene rings is 2. The quantitative estimate of drug-likeness (QED) is 0.426. The molecular weight excluding hydrogens is 432 g/mol. The van der Waals surface area contributed by atoms with Gasteiger partial charge in [-0.2, -0.15) is 0 Å². The van der Waals surface area contributed by atoms with Gasteiger partial charge in [-0.15, -0.1) is 0 Å². The number of nitrogens with zero attached hydrogens (tertiary/aromatic N) is 2. The number of aromatic nitrogens is 2. The lowest BCUT2D eigenvalue weighted by molar-refractivity contribution is -0.121. The first-order chi connectivity index (χ1) is 16.5. The molecule has 0 fully saturated rings. The molecule has 2 amide bonds. The minimum atomic E-state index is -0.530. The fourth-order valence-corrected chi connectivity index (χ4v) is 3.91. The summed E-state index contributed by atoms with van der Waals surface area (Å²) in [6.45, 7) is 4.60. The van der Waals surface area contributed by atoms with Crippen LogP contribution in [0.1, 0.15) is 45.1 Å². The van der Waals surface area contributed by atoms with Crippen LogP contribution in [-0.2, 0) is 29.1 Å². The molecule has 8 heteroatoms. The van der Waals surface area contributed by atoms with E-state index in [1.165, 1.54) is 9.13 Å². The van der Waals surface area contributed by atoms with E-state index in [-0.39, 0.29) is 30.5 Å². The molecule has 2 N–H and O–H groups in total. The van der Waals surface area contributed by atoms with Crippen molar-refractivity contribution in [3.63, 3.8) is 0 Å². The number of hydrogen-bond acceptors (Lipinski definition) is 4. The molecule has 0 unspecified atom stereocenters. The molecule has 8 nitrogen and oxygen atoms in total. The highest BCUT2D eigenvalue weighted by Crippen LogP contribution is 2.16. The van der Waals surface area contributed by atoms with E-state index in [2.05, 4.69) is 10.6 Å². The lowest BCUT2D eigenvalue weighted by Gasteiger charge is -2.15. The number of carbonyl (C=O) groups excluding carboxylic acids is 2. The monoisotopic (exact) mass is 464 g/mol. The van der Waals surface area contributed by atoms with E-state index in [0.29, 0.717) is 42.4 Å². The summed E-state index contributed by atoms with van der Waals surface area (Å²) in [4.78, 5) is 50.9. The summed E-state index contributed by atoms with van der Waals surface area (Å²) in [5.74, 6) is -0.375. The second-order valence-corrected chi connectivity index (χ2v) is 8.21. The highest BCUT2D eigenvalue weighted by molar-refractivity contribution is 5.92. The number of carbonyl (C=O) groups is 2. The van der Waals surface area contributed by atoms with Crippen molar-refractivity contribution < 1.29 is 9.59 Å². The number of hydrogen-bond donors (Lipinski definition) is 2. The summed E-state index contributed by atoms with van der Waals surface area (Å²) in [6, 6.07) is 14.3. The molecule has 0 bridgehead atoms. The first-order valence-corrected chi connectivity index (χ1v) is 11.8. The topological polar surface area (TPSA) is 102 Å². The van der Waals surface area contributed by atoms with Gasteiger partial charge in [-0.25, -0.2) is 4.79 Å². The van der Waals surface area contributed by atoms with Crippen molar-refractivity contribution in [2.45, 2.75) is 59.0 Å². The molecule has 0 radical (unpaired) electrons. The maximum atomic E-state index is 13.3. The van der Waals surface area contributed by atoms with Gasteiger partial charge in [0.2, 0.25) is 11.8 Å². The van der Waals surface area contributed by atoms with Crippen molar-refractivity contribution in [2.24, 2.45) is 0 Å². The highest BCUT2D eigenvalue weighted by Gasteiger charge is 2.16. The Bertz CT molecular complexity index is 1280. The molecule has 3 rings (SSSR count). The third-order valence-corrected chi connectivity index (χ3v) is 5.71. The van der Waals surface area contributed by atoms with Gasteiger partial charge in [-0.3, -0.25) is 23.5 Å². The van der Waals surface area contributed by atoms with Crippen LogP contribution in [0.25, 0.3) is 10.9 Å². The average molecular weight is 465 g/mol. The van der Waals surface area contributed by atoms with Crippen LogP contribution in [0.2, 0.25) is 0 Å². The van der Waals surface area contributed by atoms with Crippen LogP contribution >= 0.6 is 0 Å². The number of unbranched alkanes of at least 4 members (excludes halogenated alkanes) is 1. The smallest absolute Gasteiger partial charge is 0.331 e. The van der Waals surface area contributed by atoms with E-state index in [1.54, 1.807) is 24.3 Å². The largest absolute Gasteiger partial charge is 0.356 e. The van der Waals surface area contributed by atoms with Crippen molar-refractivity contribution in [1.82, 2.24) is 14.5 Å². The van der Waals surface area contributed by atoms with Gasteiger partial charge in [0.25, 0.3) is 5.56 Å². The maximum Gasteiger partial charge on any atom is 0.331 e. The van der Waals surface area contributed by atoms with Gasteiger partial charge >= 0.3 is 5.69 Å². The zero-order valence-corrected chi connectivity index (χ0v) is 19.8. The molecule has 180 valence electrons. The first kappa shape index (κ1) is 25.0. The Kier molecular flexibility index (Phi) is 8.79. The predicted octanol–water partition coefficient (Wildman–Crippen LogP) is 3.06. The summed E-state index contributed by atoms with van der Waals surface area (Å²) in [5.41, 5.74) is 1.22. The Morgan fingerprint density at radius 3 is 2.38 bits per heavy atom. The van der Waals surface area contributed by atoms with Crippen LogP contribution in [0, 0.1) is 0 Å². The molecule has 0 atom stereocenters. The molecule has 1 heterocycles. The normalized spacial score (nSPS) is 10.9. The highest BCUT2D eigenvalue weighted by atomic mass is 16.2. The van der Waals surface area contributed by atoms with Crippen molar-refractivity contribution in [3.05, 3.63) is 74.9 Å². The van der Waals surface area contributed by atoms with E-state index >= 15 is 0 Å². The fourth-order valence-electron chi connectivity index (χ4n) is 3.91. The minimum absolute atomic E-state index is 0.0332. The number of nitrogens with one attached hydrogen (secondary N) is 2. The molecular formula is C26H32N4O4. The molecule has 0 saturated heterocycles. The molecule has 2 aromatic carbocycles. The van der Waals surface area contributed by atoms with Gasteiger partial charge in [0.15, 0.2) is 0 Å². The van der Waals surface area contributed by atoms with Gasteiger partial charge in [0, 0.05) is 25.2 Å². The molecule has 0 aliphatic heterocycles. The third-order valence-electron chi connectivity index (χ3n) is 5.71. The summed E-state index contributed by atoms with van der Waals surface area (Å²) in [5, 5.41) is 6.09. The molecule has 3 aromatic rings. The molecule has 0 saturated carbocycles. The van der Waals surface area contributed by atoms with Crippen LogP contribution in [0.5, 0.6) is 0 Å². The van der Waals surface area contributed by atoms with Crippen LogP contribution in [0.15, 0.2) is 58.1 Å². The fraction of sp³-hybridized carbons (Fsp3) is 0.385. The van der Waals surface area contributed by atoms with Crippen molar-refractivity contribution >= 4 is 28.4 Å². The van der Waals surface area contributed by atoms with Gasteiger partial charge in [-0.1, -0.05) is 44.2 Å². The number of amides is 2. The van der Waals surface area contributed by atoms with E-state index in [4.69, 9.17) is 0 Å². The maximum absolute atomic E-state index is 13.3. The number of fused-ring (bicyclic) bond motifs is 1. The number of rotatable bonds is 11. The Hall–Kier alpha value is -3.68. The molecule has 0 aliphatic carbocycles. The molecule has 1 aromatic heterocycles. The average Bonchev–Trinajstić information content (AvgIpc) is 2.85. The minimum Gasteiger partial charge on any atom is -0.356 e. The van der Waals surface area contributed by atoms with Crippen LogP contribution in [0.4, 0.5) is 5.69 Å². The second-order valence-electron chi connectivity index (χ2n) is 8.21. The van der Waals surface area contributed by atoms with Gasteiger partial charge in [0.05, 0.1) is 10.9 Å². The van der Waals surface area contributed by atoms with E-state index < -0.39 is 5.69 Å². The van der Waals surface area contributed by atoms with Gasteiger partial charge < -0.3 is 10.6 Å². The van der Waals surface area contributed by atoms with E-state index in [0.717, 1.165) is 18.4 Å². The summed E-state index contributed by atoms with van der Waals surface area (Å²) < 4.78 is 2.51. The van der Waals surface area contributed by atoms with Gasteiger partial charge in [-0.05, 0) is 49.4 Å². The third kappa shape index (κ3) is 6.01. The van der Waals surface area contributed by atoms with Crippen LogP contribution < -0.4 is 21.9 Å². The van der Waals surface area contributed by atoms with E-state index in [9.17, 15) is 19.2 Å². The van der Waals surface area contributed by atoms with Gasteiger partial charge in [0.1, 0.15) is 6.54 Å². The van der Waals surface area contributed by atoms with E-state index in [1.807, 2.05) is 38.1 Å². The lowest BCUT2D eigenvalue weighted by Crippen LogP contribution is -2.41. The summed E-state index contributed by atoms with van der Waals surface area (Å²) >= 11 is 0.